The normalized spacial score (nSPS) is 19.8. The molecule has 8 heteroatoms. The van der Waals surface area contributed by atoms with Crippen molar-refractivity contribution < 1.29 is 33.3 Å². The molecule has 180 valence electrons. The second-order valence-electron chi connectivity index (χ2n) is 8.29. The van der Waals surface area contributed by atoms with E-state index in [1.165, 1.54) is 21.3 Å². The number of hydrogen-bond donors (Lipinski definition) is 1. The molecule has 1 amide bonds. The number of carbonyl (C=O) groups excluding carboxylic acids is 2. The summed E-state index contributed by atoms with van der Waals surface area (Å²) in [6.07, 6.45) is 0.979. The Morgan fingerprint density at radius 3 is 2.03 bits per heavy atom. The number of allylic oxidation sites excluding steroid dienone is 2. The van der Waals surface area contributed by atoms with Gasteiger partial charge in [-0.3, -0.25) is 9.59 Å². The van der Waals surface area contributed by atoms with Crippen LogP contribution in [0.15, 0.2) is 41.6 Å². The lowest BCUT2D eigenvalue weighted by atomic mass is 9.73. The number of hydrogen-bond acceptors (Lipinski definition) is 7. The van der Waals surface area contributed by atoms with Crippen LogP contribution < -0.4 is 29.0 Å². The van der Waals surface area contributed by atoms with Crippen LogP contribution in [0, 0.1) is 0 Å². The van der Waals surface area contributed by atoms with E-state index in [4.69, 9.17) is 23.7 Å². The predicted octanol–water partition coefficient (Wildman–Crippen LogP) is 3.73. The van der Waals surface area contributed by atoms with Crippen molar-refractivity contribution in [3.63, 3.8) is 0 Å². The lowest BCUT2D eigenvalue weighted by molar-refractivity contribution is -0.122. The molecule has 2 aromatic carbocycles. The van der Waals surface area contributed by atoms with E-state index in [0.29, 0.717) is 52.9 Å². The predicted molar refractivity (Wildman–Crippen MR) is 125 cm³/mol. The van der Waals surface area contributed by atoms with Gasteiger partial charge in [0.15, 0.2) is 17.3 Å². The molecule has 4 rings (SSSR count). The summed E-state index contributed by atoms with van der Waals surface area (Å²) in [5.74, 6) is 2.10. The van der Waals surface area contributed by atoms with E-state index in [1.54, 1.807) is 26.4 Å². The third kappa shape index (κ3) is 4.16. The molecule has 1 aliphatic heterocycles. The molecule has 1 heterocycles. The van der Waals surface area contributed by atoms with Gasteiger partial charge in [-0.25, -0.2) is 0 Å². The zero-order valence-electron chi connectivity index (χ0n) is 20.0. The van der Waals surface area contributed by atoms with Gasteiger partial charge in [0.1, 0.15) is 11.5 Å². The lowest BCUT2D eigenvalue weighted by Crippen LogP contribution is -2.38. The fourth-order valence-corrected chi connectivity index (χ4v) is 4.93. The first-order valence-electron chi connectivity index (χ1n) is 11.0. The monoisotopic (exact) mass is 467 g/mol. The standard InChI is InChI=1S/C26H29NO7/c1-30-16-6-7-21(31-2)17(12-16)14-8-19-25(20(28)9-14)18(13-24(29)27-19)15-10-22(32-3)26(34-5)23(11-15)33-4/h6-7,10-12,14,18H,8-9,13H2,1-5H3,(H,27,29)/t14-,18-/m0/s1. The third-order valence-electron chi connectivity index (χ3n) is 6.50. The van der Waals surface area contributed by atoms with Crippen LogP contribution in [-0.2, 0) is 9.59 Å². The highest BCUT2D eigenvalue weighted by atomic mass is 16.5. The molecule has 0 aromatic heterocycles. The van der Waals surface area contributed by atoms with E-state index < -0.39 is 5.92 Å². The molecule has 2 aromatic rings. The van der Waals surface area contributed by atoms with E-state index in [1.807, 2.05) is 18.2 Å². The molecule has 1 N–H and O–H groups in total. The minimum atomic E-state index is -0.405. The molecule has 0 unspecified atom stereocenters. The molecular weight excluding hydrogens is 438 g/mol. The molecule has 0 bridgehead atoms. The van der Waals surface area contributed by atoms with Crippen molar-refractivity contribution in [2.24, 2.45) is 0 Å². The Morgan fingerprint density at radius 1 is 0.765 bits per heavy atom. The van der Waals surface area contributed by atoms with Crippen LogP contribution in [-0.4, -0.2) is 47.2 Å². The van der Waals surface area contributed by atoms with Crippen LogP contribution in [0.25, 0.3) is 0 Å². The van der Waals surface area contributed by atoms with Crippen LogP contribution in [0.4, 0.5) is 0 Å². The number of nitrogens with one attached hydrogen (secondary N) is 1. The van der Waals surface area contributed by atoms with Gasteiger partial charge in [0.05, 0.1) is 35.5 Å². The summed E-state index contributed by atoms with van der Waals surface area (Å²) in [7, 11) is 7.81. The summed E-state index contributed by atoms with van der Waals surface area (Å²) in [5, 5.41) is 2.95. The first-order valence-corrected chi connectivity index (χ1v) is 11.0. The van der Waals surface area contributed by atoms with Crippen LogP contribution in [0.2, 0.25) is 0 Å². The molecule has 0 spiro atoms. The first kappa shape index (κ1) is 23.5. The van der Waals surface area contributed by atoms with Gasteiger partial charge in [-0.1, -0.05) is 0 Å². The second-order valence-corrected chi connectivity index (χ2v) is 8.29. The quantitative estimate of drug-likeness (QED) is 0.663. The molecule has 1 aliphatic carbocycles. The molecule has 8 nitrogen and oxygen atoms in total. The van der Waals surface area contributed by atoms with Gasteiger partial charge in [0.25, 0.3) is 0 Å². The number of ether oxygens (including phenoxy) is 5. The SMILES string of the molecule is COc1ccc(OC)c([C@@H]2CC(=O)C3=C(C2)NC(=O)C[C@H]3c2cc(OC)c(OC)c(OC)c2)c1. The molecule has 2 atom stereocenters. The minimum Gasteiger partial charge on any atom is -0.497 e. The van der Waals surface area contributed by atoms with E-state index in [2.05, 4.69) is 5.32 Å². The maximum atomic E-state index is 13.5. The second kappa shape index (κ2) is 9.67. The molecular formula is C26H29NO7. The van der Waals surface area contributed by atoms with E-state index in [0.717, 1.165) is 11.1 Å². The van der Waals surface area contributed by atoms with Crippen LogP contribution in [0.5, 0.6) is 28.7 Å². The fraction of sp³-hybridized carbons (Fsp3) is 0.385. The van der Waals surface area contributed by atoms with Crippen LogP contribution >= 0.6 is 0 Å². The average molecular weight is 468 g/mol. The summed E-state index contributed by atoms with van der Waals surface area (Å²) in [6.45, 7) is 0. The fourth-order valence-electron chi connectivity index (χ4n) is 4.93. The van der Waals surface area contributed by atoms with Crippen molar-refractivity contribution in [1.29, 1.82) is 0 Å². The van der Waals surface area contributed by atoms with Crippen molar-refractivity contribution >= 4 is 11.7 Å². The highest BCUT2D eigenvalue weighted by Crippen LogP contribution is 2.47. The van der Waals surface area contributed by atoms with Crippen molar-refractivity contribution in [2.45, 2.75) is 31.1 Å². The van der Waals surface area contributed by atoms with Crippen molar-refractivity contribution in [2.75, 3.05) is 35.5 Å². The Labute approximate surface area is 198 Å². The van der Waals surface area contributed by atoms with Gasteiger partial charge in [-0.2, -0.15) is 0 Å². The Morgan fingerprint density at radius 2 is 1.44 bits per heavy atom. The molecule has 0 radical (unpaired) electrons. The van der Waals surface area contributed by atoms with Gasteiger partial charge in [-0.05, 0) is 42.3 Å². The summed E-state index contributed by atoms with van der Waals surface area (Å²) < 4.78 is 27.3. The number of Topliss-reactive ketones (excluding diaryl/α,β-unsaturated/α-hetero) is 1. The van der Waals surface area contributed by atoms with Crippen molar-refractivity contribution in [3.8, 4) is 28.7 Å². The third-order valence-corrected chi connectivity index (χ3v) is 6.50. The Hall–Kier alpha value is -3.68. The molecule has 0 saturated carbocycles. The molecule has 0 fully saturated rings. The summed E-state index contributed by atoms with van der Waals surface area (Å²) in [5.41, 5.74) is 2.93. The number of carbonyl (C=O) groups is 2. The molecule has 0 saturated heterocycles. The maximum Gasteiger partial charge on any atom is 0.225 e. The van der Waals surface area contributed by atoms with Crippen molar-refractivity contribution in [3.05, 3.63) is 52.7 Å². The summed E-state index contributed by atoms with van der Waals surface area (Å²) in [6, 6.07) is 9.16. The molecule has 34 heavy (non-hydrogen) atoms. The Kier molecular flexibility index (Phi) is 6.68. The van der Waals surface area contributed by atoms with Gasteiger partial charge in [-0.15, -0.1) is 0 Å². The number of amides is 1. The highest BCUT2D eigenvalue weighted by Gasteiger charge is 2.39. The van der Waals surface area contributed by atoms with Crippen LogP contribution in [0.3, 0.4) is 0 Å². The van der Waals surface area contributed by atoms with E-state index in [9.17, 15) is 9.59 Å². The number of methoxy groups -OCH3 is 5. The Balaban J connectivity index is 1.77. The van der Waals surface area contributed by atoms with Gasteiger partial charge < -0.3 is 29.0 Å². The highest BCUT2D eigenvalue weighted by molar-refractivity contribution is 6.02. The number of rotatable bonds is 7. The largest absolute Gasteiger partial charge is 0.497 e. The van der Waals surface area contributed by atoms with E-state index in [-0.39, 0.29) is 24.0 Å². The van der Waals surface area contributed by atoms with Crippen LogP contribution in [0.1, 0.15) is 42.2 Å². The first-order chi connectivity index (χ1) is 16.4. The molecule has 2 aliphatic rings. The summed E-state index contributed by atoms with van der Waals surface area (Å²) >= 11 is 0. The van der Waals surface area contributed by atoms with Gasteiger partial charge in [0.2, 0.25) is 11.7 Å². The van der Waals surface area contributed by atoms with Gasteiger partial charge >= 0.3 is 0 Å². The Bertz CT molecular complexity index is 1130. The number of ketones is 1. The minimum absolute atomic E-state index is 0.00475. The lowest BCUT2D eigenvalue weighted by Gasteiger charge is -2.35. The van der Waals surface area contributed by atoms with E-state index >= 15 is 0 Å². The smallest absolute Gasteiger partial charge is 0.225 e. The topological polar surface area (TPSA) is 92.3 Å². The number of benzene rings is 2. The average Bonchev–Trinajstić information content (AvgIpc) is 2.86. The maximum absolute atomic E-state index is 13.5. The van der Waals surface area contributed by atoms with Gasteiger partial charge in [0, 0.05) is 41.5 Å². The van der Waals surface area contributed by atoms with Crippen molar-refractivity contribution in [1.82, 2.24) is 5.32 Å². The zero-order chi connectivity index (χ0) is 24.4. The zero-order valence-corrected chi connectivity index (χ0v) is 20.0. The summed E-state index contributed by atoms with van der Waals surface area (Å²) in [4.78, 5) is 26.2.